The van der Waals surface area contributed by atoms with Crippen molar-refractivity contribution in [3.05, 3.63) is 60.1 Å². The van der Waals surface area contributed by atoms with Gasteiger partial charge in [0.25, 0.3) is 0 Å². The maximum Gasteiger partial charge on any atom is 0.408 e. The van der Waals surface area contributed by atoms with Gasteiger partial charge in [-0.1, -0.05) is 30.3 Å². The van der Waals surface area contributed by atoms with E-state index < -0.39 is 27.8 Å². The first-order valence-electron chi connectivity index (χ1n) is 9.82. The van der Waals surface area contributed by atoms with E-state index in [4.69, 9.17) is 13.9 Å². The fourth-order valence-corrected chi connectivity index (χ4v) is 6.25. The van der Waals surface area contributed by atoms with Crippen LogP contribution in [-0.4, -0.2) is 33.2 Å². The van der Waals surface area contributed by atoms with Crippen LogP contribution < -0.4 is 5.32 Å². The van der Waals surface area contributed by atoms with Crippen LogP contribution >= 0.6 is 23.5 Å². The minimum absolute atomic E-state index is 0.167. The summed E-state index contributed by atoms with van der Waals surface area (Å²) in [5, 5.41) is 2.87. The monoisotopic (exact) mass is 449 g/mol. The zero-order valence-corrected chi connectivity index (χ0v) is 19.0. The number of carbonyl (C=O) groups excluding carboxylic acids is 2. The van der Waals surface area contributed by atoms with Gasteiger partial charge < -0.3 is 19.2 Å². The predicted molar refractivity (Wildman–Crippen MR) is 119 cm³/mol. The molecule has 162 valence electrons. The Hall–Kier alpha value is -2.06. The highest BCUT2D eigenvalue weighted by atomic mass is 32.2. The minimum Gasteiger partial charge on any atom is -0.467 e. The number of carbonyl (C=O) groups is 2. The van der Waals surface area contributed by atoms with Gasteiger partial charge >= 0.3 is 12.1 Å². The second-order valence-corrected chi connectivity index (χ2v) is 10.8. The average molecular weight is 450 g/mol. The molecule has 0 radical (unpaired) electrons. The van der Waals surface area contributed by atoms with Crippen molar-refractivity contribution in [1.29, 1.82) is 0 Å². The lowest BCUT2D eigenvalue weighted by molar-refractivity contribution is -0.146. The van der Waals surface area contributed by atoms with Gasteiger partial charge in [0.15, 0.2) is 4.08 Å². The second-order valence-electron chi connectivity index (χ2n) is 7.87. The molecule has 1 fully saturated rings. The first kappa shape index (κ1) is 22.6. The Kier molecular flexibility index (Phi) is 7.41. The first-order valence-corrected chi connectivity index (χ1v) is 11.8. The van der Waals surface area contributed by atoms with E-state index in [0.717, 1.165) is 23.5 Å². The molecule has 6 nitrogen and oxygen atoms in total. The normalized spacial score (nSPS) is 17.0. The van der Waals surface area contributed by atoms with Gasteiger partial charge in [-0.2, -0.15) is 0 Å². The molecular formula is C22H27NO5S2. The first-order chi connectivity index (χ1) is 14.3. The van der Waals surface area contributed by atoms with Gasteiger partial charge in [0.05, 0.1) is 6.26 Å². The van der Waals surface area contributed by atoms with Gasteiger partial charge in [-0.3, -0.25) is 0 Å². The second kappa shape index (κ2) is 9.83. The number of furan rings is 1. The van der Waals surface area contributed by atoms with Crippen molar-refractivity contribution < 1.29 is 23.5 Å². The molecule has 1 aliphatic heterocycles. The predicted octanol–water partition coefficient (Wildman–Crippen LogP) is 5.16. The van der Waals surface area contributed by atoms with Gasteiger partial charge in [-0.15, -0.1) is 23.5 Å². The summed E-state index contributed by atoms with van der Waals surface area (Å²) in [7, 11) is 0. The number of amides is 1. The zero-order valence-electron chi connectivity index (χ0n) is 17.4. The lowest BCUT2D eigenvalue weighted by Gasteiger charge is -2.39. The standard InChI is InChI=1S/C22H27NO5S2/c1-21(2,3)28-20(25)23-18(17-11-7-12-26-17)22(29-13-8-14-30-22)19(24)27-15-16-9-5-4-6-10-16/h4-7,9-12,18H,8,13-15H2,1-3H3,(H,23,25)/t18-/m0/s1. The summed E-state index contributed by atoms with van der Waals surface area (Å²) < 4.78 is 15.7. The Morgan fingerprint density at radius 2 is 1.83 bits per heavy atom. The van der Waals surface area contributed by atoms with Gasteiger partial charge in [-0.25, -0.2) is 9.59 Å². The van der Waals surface area contributed by atoms with Crippen LogP contribution in [0.25, 0.3) is 0 Å². The molecule has 1 aromatic heterocycles. The summed E-state index contributed by atoms with van der Waals surface area (Å²) in [6.07, 6.45) is 1.89. The van der Waals surface area contributed by atoms with Crippen molar-refractivity contribution in [3.63, 3.8) is 0 Å². The number of nitrogens with one attached hydrogen (secondary N) is 1. The third-order valence-electron chi connectivity index (χ3n) is 4.29. The van der Waals surface area contributed by atoms with Crippen molar-refractivity contribution in [2.45, 2.75) is 49.5 Å². The summed E-state index contributed by atoms with van der Waals surface area (Å²) in [6.45, 7) is 5.55. The molecule has 2 aromatic rings. The Labute approximate surface area is 185 Å². The molecule has 3 rings (SSSR count). The molecule has 0 unspecified atom stereocenters. The number of esters is 1. The average Bonchev–Trinajstić information content (AvgIpc) is 3.24. The van der Waals surface area contributed by atoms with E-state index in [1.165, 1.54) is 29.8 Å². The molecule has 0 aliphatic carbocycles. The quantitative estimate of drug-likeness (QED) is 0.611. The topological polar surface area (TPSA) is 77.8 Å². The van der Waals surface area contributed by atoms with Crippen LogP contribution in [0.3, 0.4) is 0 Å². The van der Waals surface area contributed by atoms with Crippen molar-refractivity contribution in [2.24, 2.45) is 0 Å². The van der Waals surface area contributed by atoms with E-state index in [9.17, 15) is 9.59 Å². The molecule has 0 bridgehead atoms. The van der Waals surface area contributed by atoms with Crippen molar-refractivity contribution in [2.75, 3.05) is 11.5 Å². The number of ether oxygens (including phenoxy) is 2. The number of benzene rings is 1. The third kappa shape index (κ3) is 5.76. The largest absolute Gasteiger partial charge is 0.467 e. The molecule has 1 aromatic carbocycles. The molecule has 2 heterocycles. The zero-order chi connectivity index (χ0) is 21.6. The van der Waals surface area contributed by atoms with E-state index >= 15 is 0 Å². The molecule has 0 spiro atoms. The molecule has 30 heavy (non-hydrogen) atoms. The third-order valence-corrected chi connectivity index (χ3v) is 7.64. The van der Waals surface area contributed by atoms with Crippen LogP contribution in [0.15, 0.2) is 53.1 Å². The van der Waals surface area contributed by atoms with Gasteiger partial charge in [-0.05, 0) is 56.4 Å². The highest BCUT2D eigenvalue weighted by molar-refractivity contribution is 8.20. The summed E-state index contributed by atoms with van der Waals surface area (Å²) in [5.41, 5.74) is 0.243. The SMILES string of the molecule is CC(C)(C)OC(=O)N[C@@H](c1ccco1)C1(C(=O)OCc2ccccc2)SCCCS1. The Morgan fingerprint density at radius 1 is 1.13 bits per heavy atom. The van der Waals surface area contributed by atoms with E-state index in [2.05, 4.69) is 5.32 Å². The van der Waals surface area contributed by atoms with Crippen LogP contribution in [0.4, 0.5) is 4.79 Å². The smallest absolute Gasteiger partial charge is 0.408 e. The van der Waals surface area contributed by atoms with E-state index in [1.54, 1.807) is 32.9 Å². The number of hydrogen-bond acceptors (Lipinski definition) is 7. The molecule has 8 heteroatoms. The molecule has 0 saturated carbocycles. The summed E-state index contributed by atoms with van der Waals surface area (Å²) in [6, 6.07) is 12.3. The fraction of sp³-hybridized carbons (Fsp3) is 0.455. The van der Waals surface area contributed by atoms with Gasteiger partial charge in [0.1, 0.15) is 24.0 Å². The van der Waals surface area contributed by atoms with Gasteiger partial charge in [0.2, 0.25) is 0 Å². The van der Waals surface area contributed by atoms with Crippen LogP contribution in [0, 0.1) is 0 Å². The van der Waals surface area contributed by atoms with Crippen LogP contribution in [0.5, 0.6) is 0 Å². The summed E-state index contributed by atoms with van der Waals surface area (Å²) >= 11 is 2.96. The molecule has 1 N–H and O–H groups in total. The number of alkyl carbamates (subject to hydrolysis) is 1. The van der Waals surface area contributed by atoms with Crippen molar-refractivity contribution in [1.82, 2.24) is 5.32 Å². The Balaban J connectivity index is 1.86. The highest BCUT2D eigenvalue weighted by Crippen LogP contribution is 2.51. The fourth-order valence-electron chi connectivity index (χ4n) is 3.01. The van der Waals surface area contributed by atoms with Crippen LogP contribution in [0.2, 0.25) is 0 Å². The number of thioether (sulfide) groups is 2. The molecule has 1 atom stereocenters. The lowest BCUT2D eigenvalue weighted by Crippen LogP contribution is -2.50. The Morgan fingerprint density at radius 3 is 2.43 bits per heavy atom. The molecule has 1 amide bonds. The van der Waals surface area contributed by atoms with Gasteiger partial charge in [0, 0.05) is 0 Å². The van der Waals surface area contributed by atoms with E-state index in [1.807, 2.05) is 30.3 Å². The maximum atomic E-state index is 13.4. The number of rotatable bonds is 6. The number of hydrogen-bond donors (Lipinski definition) is 1. The van der Waals surface area contributed by atoms with E-state index in [0.29, 0.717) is 5.76 Å². The summed E-state index contributed by atoms with van der Waals surface area (Å²) in [5.74, 6) is 1.65. The lowest BCUT2D eigenvalue weighted by atomic mass is 10.1. The van der Waals surface area contributed by atoms with E-state index in [-0.39, 0.29) is 6.61 Å². The van der Waals surface area contributed by atoms with Crippen LogP contribution in [-0.2, 0) is 20.9 Å². The molecule has 1 aliphatic rings. The minimum atomic E-state index is -1.07. The Bertz CT molecular complexity index is 827. The summed E-state index contributed by atoms with van der Waals surface area (Å²) in [4.78, 5) is 26.0. The maximum absolute atomic E-state index is 13.4. The van der Waals surface area contributed by atoms with Crippen molar-refractivity contribution >= 4 is 35.6 Å². The highest BCUT2D eigenvalue weighted by Gasteiger charge is 2.52. The van der Waals surface area contributed by atoms with Crippen LogP contribution in [0.1, 0.15) is 44.6 Å². The van der Waals surface area contributed by atoms with Crippen molar-refractivity contribution in [3.8, 4) is 0 Å². The molecular weight excluding hydrogens is 422 g/mol. The molecule has 1 saturated heterocycles.